The number of anilines is 1. The predicted octanol–water partition coefficient (Wildman–Crippen LogP) is 4.36. The molecule has 0 unspecified atom stereocenters. The topological polar surface area (TPSA) is 82.0 Å². The molecular weight excluding hydrogens is 416 g/mol. The standard InChI is InChI=1S/C24H29ClN2O4/c1-31-21-14-16(5-10-20(21)28)23-19-4-2-3-11-24(19,30)12-13-27(23)15-22(29)26-18-8-6-17(25)7-9-18/h5-10,14,19,23,28,30H,2-4,11-13,15H2,1H3,(H,26,29)/t19-,23-,24-/m1/s1. The van der Waals surface area contributed by atoms with Gasteiger partial charge in [-0.15, -0.1) is 0 Å². The molecule has 1 saturated heterocycles. The third-order valence-corrected chi connectivity index (χ3v) is 6.94. The lowest BCUT2D eigenvalue weighted by molar-refractivity contribution is -0.135. The lowest BCUT2D eigenvalue weighted by Crippen LogP contribution is -2.56. The van der Waals surface area contributed by atoms with Crippen LogP contribution in [0.25, 0.3) is 0 Å². The highest BCUT2D eigenvalue weighted by atomic mass is 35.5. The average molecular weight is 445 g/mol. The van der Waals surface area contributed by atoms with E-state index in [9.17, 15) is 15.0 Å². The van der Waals surface area contributed by atoms with Gasteiger partial charge in [-0.05, 0) is 61.2 Å². The quantitative estimate of drug-likeness (QED) is 0.638. The predicted molar refractivity (Wildman–Crippen MR) is 121 cm³/mol. The molecule has 1 saturated carbocycles. The number of aromatic hydroxyl groups is 1. The van der Waals surface area contributed by atoms with Gasteiger partial charge in [-0.2, -0.15) is 0 Å². The van der Waals surface area contributed by atoms with Crippen LogP contribution < -0.4 is 10.1 Å². The summed E-state index contributed by atoms with van der Waals surface area (Å²) in [5.41, 5.74) is 0.916. The van der Waals surface area contributed by atoms with Crippen molar-refractivity contribution in [3.8, 4) is 11.5 Å². The number of fused-ring (bicyclic) bond motifs is 1. The van der Waals surface area contributed by atoms with E-state index in [0.717, 1.165) is 31.2 Å². The molecule has 1 aliphatic carbocycles. The van der Waals surface area contributed by atoms with Crippen LogP contribution in [-0.2, 0) is 4.79 Å². The number of carbonyl (C=O) groups excluding carboxylic acids is 1. The van der Waals surface area contributed by atoms with Crippen LogP contribution in [0.3, 0.4) is 0 Å². The fourth-order valence-electron chi connectivity index (χ4n) is 5.16. The molecule has 3 atom stereocenters. The Bertz CT molecular complexity index is 936. The van der Waals surface area contributed by atoms with Gasteiger partial charge in [0.2, 0.25) is 5.91 Å². The monoisotopic (exact) mass is 444 g/mol. The lowest BCUT2D eigenvalue weighted by Gasteiger charge is -2.52. The van der Waals surface area contributed by atoms with Gasteiger partial charge in [0.1, 0.15) is 0 Å². The van der Waals surface area contributed by atoms with Crippen molar-refractivity contribution >= 4 is 23.2 Å². The number of amides is 1. The number of hydrogen-bond acceptors (Lipinski definition) is 5. The van der Waals surface area contributed by atoms with Gasteiger partial charge in [-0.25, -0.2) is 0 Å². The molecule has 3 N–H and O–H groups in total. The highest BCUT2D eigenvalue weighted by Gasteiger charge is 2.49. The zero-order valence-electron chi connectivity index (χ0n) is 17.7. The SMILES string of the molecule is COc1cc([C@@H]2[C@H]3CCCC[C@@]3(O)CCN2CC(=O)Nc2ccc(Cl)cc2)ccc1O. The van der Waals surface area contributed by atoms with E-state index < -0.39 is 5.60 Å². The fraction of sp³-hybridized carbons (Fsp3) is 0.458. The maximum absolute atomic E-state index is 12.8. The second-order valence-corrected chi connectivity index (χ2v) is 9.04. The lowest BCUT2D eigenvalue weighted by atomic mass is 9.66. The minimum atomic E-state index is -0.725. The Morgan fingerprint density at radius 2 is 2.00 bits per heavy atom. The summed E-state index contributed by atoms with van der Waals surface area (Å²) in [6, 6.07) is 12.2. The number of phenols is 1. The average Bonchev–Trinajstić information content (AvgIpc) is 2.76. The first-order chi connectivity index (χ1) is 14.9. The highest BCUT2D eigenvalue weighted by Crippen LogP contribution is 2.50. The first-order valence-electron chi connectivity index (χ1n) is 10.8. The van der Waals surface area contributed by atoms with Crippen molar-refractivity contribution in [3.05, 3.63) is 53.1 Å². The van der Waals surface area contributed by atoms with E-state index in [2.05, 4.69) is 10.2 Å². The van der Waals surface area contributed by atoms with Gasteiger partial charge in [-0.1, -0.05) is 30.5 Å². The number of likely N-dealkylation sites (tertiary alicyclic amines) is 1. The number of nitrogens with one attached hydrogen (secondary N) is 1. The number of carbonyl (C=O) groups is 1. The smallest absolute Gasteiger partial charge is 0.238 e. The number of phenolic OH excluding ortho intramolecular Hbond substituents is 1. The molecule has 0 spiro atoms. The van der Waals surface area contributed by atoms with E-state index in [1.54, 1.807) is 30.3 Å². The van der Waals surface area contributed by atoms with E-state index >= 15 is 0 Å². The molecule has 1 aliphatic heterocycles. The molecule has 0 aromatic heterocycles. The molecule has 4 rings (SSSR count). The molecule has 2 aromatic rings. The number of rotatable bonds is 5. The summed E-state index contributed by atoms with van der Waals surface area (Å²) in [6.07, 6.45) is 4.42. The number of ether oxygens (including phenoxy) is 1. The number of halogens is 1. The zero-order chi connectivity index (χ0) is 22.0. The summed E-state index contributed by atoms with van der Waals surface area (Å²) in [6.45, 7) is 0.831. The Labute approximate surface area is 187 Å². The second kappa shape index (κ2) is 9.07. The Hall–Kier alpha value is -2.28. The van der Waals surface area contributed by atoms with Gasteiger partial charge in [0.15, 0.2) is 11.5 Å². The van der Waals surface area contributed by atoms with Crippen molar-refractivity contribution in [2.24, 2.45) is 5.92 Å². The molecule has 7 heteroatoms. The Morgan fingerprint density at radius 1 is 1.23 bits per heavy atom. The van der Waals surface area contributed by atoms with Crippen molar-refractivity contribution in [2.75, 3.05) is 25.5 Å². The second-order valence-electron chi connectivity index (χ2n) is 8.61. The van der Waals surface area contributed by atoms with Gasteiger partial charge in [0.25, 0.3) is 0 Å². The number of benzene rings is 2. The van der Waals surface area contributed by atoms with Gasteiger partial charge in [0, 0.05) is 29.2 Å². The first kappa shape index (κ1) is 21.9. The van der Waals surface area contributed by atoms with Crippen LogP contribution in [-0.4, -0.2) is 46.8 Å². The number of piperidine rings is 1. The maximum atomic E-state index is 12.8. The number of hydrogen-bond donors (Lipinski definition) is 3. The Kier molecular flexibility index (Phi) is 6.42. The van der Waals surface area contributed by atoms with Gasteiger partial charge in [0.05, 0.1) is 19.3 Å². The van der Waals surface area contributed by atoms with E-state index in [4.69, 9.17) is 16.3 Å². The molecule has 2 fully saturated rings. The molecule has 2 aromatic carbocycles. The Balaban J connectivity index is 1.60. The third-order valence-electron chi connectivity index (χ3n) is 6.69. The minimum absolute atomic E-state index is 0.0209. The molecule has 2 aliphatic rings. The van der Waals surface area contributed by atoms with Gasteiger partial charge in [-0.3, -0.25) is 9.69 Å². The molecule has 0 bridgehead atoms. The summed E-state index contributed by atoms with van der Waals surface area (Å²) in [7, 11) is 1.52. The zero-order valence-corrected chi connectivity index (χ0v) is 18.4. The van der Waals surface area contributed by atoms with Crippen molar-refractivity contribution in [2.45, 2.75) is 43.7 Å². The van der Waals surface area contributed by atoms with Crippen LogP contribution in [0.15, 0.2) is 42.5 Å². The van der Waals surface area contributed by atoms with Crippen LogP contribution >= 0.6 is 11.6 Å². The number of aliphatic hydroxyl groups is 1. The van der Waals surface area contributed by atoms with Crippen molar-refractivity contribution < 1.29 is 19.7 Å². The van der Waals surface area contributed by atoms with E-state index in [1.807, 2.05) is 12.1 Å². The molecule has 166 valence electrons. The van der Waals surface area contributed by atoms with Crippen LogP contribution in [0, 0.1) is 5.92 Å². The summed E-state index contributed by atoms with van der Waals surface area (Å²) in [5.74, 6) is 0.382. The highest BCUT2D eigenvalue weighted by molar-refractivity contribution is 6.30. The van der Waals surface area contributed by atoms with Crippen LogP contribution in [0.4, 0.5) is 5.69 Å². The van der Waals surface area contributed by atoms with Crippen LogP contribution in [0.2, 0.25) is 5.02 Å². The maximum Gasteiger partial charge on any atom is 0.238 e. The molecule has 6 nitrogen and oxygen atoms in total. The number of nitrogens with zero attached hydrogens (tertiary/aromatic N) is 1. The first-order valence-corrected chi connectivity index (χ1v) is 11.2. The van der Waals surface area contributed by atoms with Crippen molar-refractivity contribution in [1.29, 1.82) is 0 Å². The molecular formula is C24H29ClN2O4. The summed E-state index contributed by atoms with van der Waals surface area (Å²) in [5, 5.41) is 25.0. The minimum Gasteiger partial charge on any atom is -0.504 e. The molecule has 31 heavy (non-hydrogen) atoms. The molecule has 1 heterocycles. The van der Waals surface area contributed by atoms with Crippen LogP contribution in [0.5, 0.6) is 11.5 Å². The van der Waals surface area contributed by atoms with E-state index in [1.165, 1.54) is 7.11 Å². The Morgan fingerprint density at radius 3 is 2.74 bits per heavy atom. The van der Waals surface area contributed by atoms with Gasteiger partial charge >= 0.3 is 0 Å². The van der Waals surface area contributed by atoms with Crippen LogP contribution in [0.1, 0.15) is 43.7 Å². The molecule has 1 amide bonds. The third kappa shape index (κ3) is 4.66. The number of methoxy groups -OCH3 is 1. The summed E-state index contributed by atoms with van der Waals surface area (Å²) >= 11 is 5.93. The van der Waals surface area contributed by atoms with Crippen molar-refractivity contribution in [1.82, 2.24) is 4.90 Å². The summed E-state index contributed by atoms with van der Waals surface area (Å²) in [4.78, 5) is 15.0. The molecule has 0 radical (unpaired) electrons. The fourth-order valence-corrected chi connectivity index (χ4v) is 5.29. The normalized spacial score (nSPS) is 26.2. The largest absolute Gasteiger partial charge is 0.504 e. The van der Waals surface area contributed by atoms with E-state index in [0.29, 0.717) is 29.4 Å². The van der Waals surface area contributed by atoms with E-state index in [-0.39, 0.29) is 30.2 Å². The summed E-state index contributed by atoms with van der Waals surface area (Å²) < 4.78 is 5.32. The van der Waals surface area contributed by atoms with Gasteiger partial charge < -0.3 is 20.3 Å². The van der Waals surface area contributed by atoms with Crippen molar-refractivity contribution in [3.63, 3.8) is 0 Å².